The Labute approximate surface area is 126 Å². The van der Waals surface area contributed by atoms with Gasteiger partial charge in [-0.3, -0.25) is 0 Å². The predicted octanol–water partition coefficient (Wildman–Crippen LogP) is 3.81. The fourth-order valence-electron chi connectivity index (χ4n) is 2.14. The highest BCUT2D eigenvalue weighted by atomic mass is 19.4. The average molecular weight is 310 g/mol. The van der Waals surface area contributed by atoms with E-state index in [9.17, 15) is 18.3 Å². The van der Waals surface area contributed by atoms with Gasteiger partial charge in [-0.15, -0.1) is 0 Å². The lowest BCUT2D eigenvalue weighted by molar-refractivity contribution is -0.137. The summed E-state index contributed by atoms with van der Waals surface area (Å²) in [5, 5.41) is 13.1. The summed E-state index contributed by atoms with van der Waals surface area (Å²) in [6.45, 7) is 1.80. The number of aromatic nitrogens is 1. The van der Waals surface area contributed by atoms with Crippen LogP contribution in [0.4, 0.5) is 19.0 Å². The summed E-state index contributed by atoms with van der Waals surface area (Å²) >= 11 is 0. The van der Waals surface area contributed by atoms with Crippen LogP contribution in [0.3, 0.4) is 0 Å². The molecule has 0 bridgehead atoms. The lowest BCUT2D eigenvalue weighted by atomic mass is 9.92. The largest absolute Gasteiger partial charge is 0.419 e. The van der Waals surface area contributed by atoms with E-state index in [1.807, 2.05) is 6.07 Å². The van der Waals surface area contributed by atoms with Crippen molar-refractivity contribution < 1.29 is 18.3 Å². The molecule has 1 aromatic carbocycles. The number of benzene rings is 1. The zero-order chi connectivity index (χ0) is 16.2. The highest BCUT2D eigenvalue weighted by Gasteiger charge is 2.34. The van der Waals surface area contributed by atoms with Gasteiger partial charge < -0.3 is 10.4 Å². The first-order valence-electron chi connectivity index (χ1n) is 6.85. The first-order valence-corrected chi connectivity index (χ1v) is 6.85. The molecule has 0 fully saturated rings. The number of hydrogen-bond acceptors (Lipinski definition) is 3. The molecule has 2 aromatic rings. The van der Waals surface area contributed by atoms with Crippen LogP contribution in [0.25, 0.3) is 0 Å². The topological polar surface area (TPSA) is 45.1 Å². The number of pyridine rings is 1. The molecule has 2 rings (SSSR count). The van der Waals surface area contributed by atoms with Crippen LogP contribution in [0, 0.1) is 0 Å². The normalized spacial score (nSPS) is 14.4. The second-order valence-electron chi connectivity index (χ2n) is 5.21. The summed E-state index contributed by atoms with van der Waals surface area (Å²) in [4.78, 5) is 3.72. The van der Waals surface area contributed by atoms with Gasteiger partial charge in [0.05, 0.1) is 11.2 Å². The van der Waals surface area contributed by atoms with Crippen LogP contribution in [-0.4, -0.2) is 16.6 Å². The molecule has 0 aliphatic rings. The van der Waals surface area contributed by atoms with E-state index in [-0.39, 0.29) is 18.8 Å². The molecular formula is C16H17F3N2O. The summed E-state index contributed by atoms with van der Waals surface area (Å²) < 4.78 is 38.5. The fraction of sp³-hybridized carbons (Fsp3) is 0.312. The lowest BCUT2D eigenvalue weighted by Gasteiger charge is -2.24. The lowest BCUT2D eigenvalue weighted by Crippen LogP contribution is -2.25. The van der Waals surface area contributed by atoms with Gasteiger partial charge in [0.1, 0.15) is 5.82 Å². The maximum absolute atomic E-state index is 12.8. The van der Waals surface area contributed by atoms with Crippen molar-refractivity contribution in [3.63, 3.8) is 0 Å². The van der Waals surface area contributed by atoms with Gasteiger partial charge in [0, 0.05) is 12.7 Å². The Bertz CT molecular complexity index is 612. The molecule has 1 unspecified atom stereocenters. The van der Waals surface area contributed by atoms with Gasteiger partial charge in [0.15, 0.2) is 0 Å². The molecule has 2 N–H and O–H groups in total. The molecule has 0 aliphatic heterocycles. The number of anilines is 1. The minimum absolute atomic E-state index is 0.169. The van der Waals surface area contributed by atoms with Gasteiger partial charge >= 0.3 is 6.18 Å². The van der Waals surface area contributed by atoms with Crippen LogP contribution in [0.5, 0.6) is 0 Å². The standard InChI is InChI=1S/C16H17F3N2O/c1-15(22,12-6-3-2-4-7-12)9-11-21-14-13(16(17,18)19)8-5-10-20-14/h2-8,10,22H,9,11H2,1H3,(H,20,21). The van der Waals surface area contributed by atoms with Gasteiger partial charge in [-0.2, -0.15) is 13.2 Å². The number of rotatable bonds is 5. The number of halogens is 3. The molecule has 1 aromatic heterocycles. The molecule has 0 radical (unpaired) electrons. The predicted molar refractivity (Wildman–Crippen MR) is 78.4 cm³/mol. The smallest absolute Gasteiger partial charge is 0.385 e. The molecule has 0 saturated carbocycles. The molecule has 1 atom stereocenters. The Morgan fingerprint density at radius 1 is 1.09 bits per heavy atom. The maximum atomic E-state index is 12.8. The van der Waals surface area contributed by atoms with Crippen LogP contribution in [-0.2, 0) is 11.8 Å². The van der Waals surface area contributed by atoms with E-state index in [1.165, 1.54) is 12.3 Å². The van der Waals surface area contributed by atoms with Crippen molar-refractivity contribution in [2.75, 3.05) is 11.9 Å². The van der Waals surface area contributed by atoms with Crippen molar-refractivity contribution in [1.82, 2.24) is 4.98 Å². The van der Waals surface area contributed by atoms with E-state index in [4.69, 9.17) is 0 Å². The zero-order valence-electron chi connectivity index (χ0n) is 12.1. The van der Waals surface area contributed by atoms with Crippen molar-refractivity contribution in [2.45, 2.75) is 25.1 Å². The van der Waals surface area contributed by atoms with Crippen LogP contribution >= 0.6 is 0 Å². The summed E-state index contributed by atoms with van der Waals surface area (Å²) in [7, 11) is 0. The molecular weight excluding hydrogens is 293 g/mol. The van der Waals surface area contributed by atoms with E-state index in [1.54, 1.807) is 31.2 Å². The monoisotopic (exact) mass is 310 g/mol. The van der Waals surface area contributed by atoms with E-state index in [2.05, 4.69) is 10.3 Å². The Morgan fingerprint density at radius 3 is 2.41 bits per heavy atom. The Morgan fingerprint density at radius 2 is 1.77 bits per heavy atom. The number of nitrogens with zero attached hydrogens (tertiary/aromatic N) is 1. The van der Waals surface area contributed by atoms with Gasteiger partial charge in [-0.1, -0.05) is 30.3 Å². The second-order valence-corrected chi connectivity index (χ2v) is 5.21. The first-order chi connectivity index (χ1) is 10.3. The quantitative estimate of drug-likeness (QED) is 0.882. The first kappa shape index (κ1) is 16.3. The van der Waals surface area contributed by atoms with E-state index >= 15 is 0 Å². The van der Waals surface area contributed by atoms with Gasteiger partial charge in [0.25, 0.3) is 0 Å². The third kappa shape index (κ3) is 3.98. The molecule has 0 saturated heterocycles. The zero-order valence-corrected chi connectivity index (χ0v) is 12.1. The van der Waals surface area contributed by atoms with Crippen LogP contribution in [0.1, 0.15) is 24.5 Å². The third-order valence-electron chi connectivity index (χ3n) is 3.41. The van der Waals surface area contributed by atoms with E-state index < -0.39 is 17.3 Å². The summed E-state index contributed by atoms with van der Waals surface area (Å²) in [5.41, 5.74) is -1.22. The van der Waals surface area contributed by atoms with Crippen molar-refractivity contribution in [1.29, 1.82) is 0 Å². The molecule has 118 valence electrons. The van der Waals surface area contributed by atoms with Crippen LogP contribution < -0.4 is 5.32 Å². The Hall–Kier alpha value is -2.08. The molecule has 0 aliphatic carbocycles. The Kier molecular flexibility index (Phi) is 4.71. The van der Waals surface area contributed by atoms with Crippen molar-refractivity contribution >= 4 is 5.82 Å². The van der Waals surface area contributed by atoms with Crippen LogP contribution in [0.2, 0.25) is 0 Å². The van der Waals surface area contributed by atoms with Crippen molar-refractivity contribution in [3.05, 3.63) is 59.8 Å². The Balaban J connectivity index is 2.03. The van der Waals surface area contributed by atoms with Crippen molar-refractivity contribution in [3.8, 4) is 0 Å². The third-order valence-corrected chi connectivity index (χ3v) is 3.41. The van der Waals surface area contributed by atoms with Gasteiger partial charge in [-0.25, -0.2) is 4.98 Å². The molecule has 3 nitrogen and oxygen atoms in total. The molecule has 0 spiro atoms. The molecule has 6 heteroatoms. The summed E-state index contributed by atoms with van der Waals surface area (Å²) in [6.07, 6.45) is -2.91. The highest BCUT2D eigenvalue weighted by molar-refractivity contribution is 5.45. The minimum atomic E-state index is -4.46. The second kappa shape index (κ2) is 6.36. The highest BCUT2D eigenvalue weighted by Crippen LogP contribution is 2.33. The summed E-state index contributed by atoms with van der Waals surface area (Å²) in [5.74, 6) is -0.223. The summed E-state index contributed by atoms with van der Waals surface area (Å²) in [6, 6.07) is 11.2. The number of hydrogen-bond donors (Lipinski definition) is 2. The molecule has 1 heterocycles. The average Bonchev–Trinajstić information content (AvgIpc) is 2.47. The van der Waals surface area contributed by atoms with Gasteiger partial charge in [-0.05, 0) is 31.0 Å². The molecule has 22 heavy (non-hydrogen) atoms. The van der Waals surface area contributed by atoms with E-state index in [0.29, 0.717) is 5.56 Å². The van der Waals surface area contributed by atoms with Gasteiger partial charge in [0.2, 0.25) is 0 Å². The number of aliphatic hydroxyl groups is 1. The minimum Gasteiger partial charge on any atom is -0.385 e. The number of nitrogens with one attached hydrogen (secondary N) is 1. The van der Waals surface area contributed by atoms with Crippen molar-refractivity contribution in [2.24, 2.45) is 0 Å². The number of alkyl halides is 3. The maximum Gasteiger partial charge on any atom is 0.419 e. The van der Waals surface area contributed by atoms with E-state index in [0.717, 1.165) is 6.07 Å². The SMILES string of the molecule is CC(O)(CCNc1ncccc1C(F)(F)F)c1ccccc1. The fourth-order valence-corrected chi connectivity index (χ4v) is 2.14. The molecule has 0 amide bonds. The van der Waals surface area contributed by atoms with Crippen LogP contribution in [0.15, 0.2) is 48.7 Å².